The minimum absolute atomic E-state index is 0.00611. The Morgan fingerprint density at radius 3 is 2.12 bits per heavy atom. The molecule has 3 aromatic rings. The number of rotatable bonds is 8. The molecule has 0 bridgehead atoms. The lowest BCUT2D eigenvalue weighted by molar-refractivity contribution is -0.133. The van der Waals surface area contributed by atoms with Gasteiger partial charge in [-0.15, -0.1) is 10.2 Å². The summed E-state index contributed by atoms with van der Waals surface area (Å²) in [6.07, 6.45) is 0. The van der Waals surface area contributed by atoms with E-state index in [1.165, 1.54) is 0 Å². The van der Waals surface area contributed by atoms with E-state index in [0.717, 1.165) is 22.8 Å². The largest absolute Gasteiger partial charge is 0.497 e. The van der Waals surface area contributed by atoms with Gasteiger partial charge in [-0.1, -0.05) is 0 Å². The minimum Gasteiger partial charge on any atom is -0.497 e. The molecule has 1 aliphatic heterocycles. The van der Waals surface area contributed by atoms with Gasteiger partial charge in [0.25, 0.3) is 5.91 Å². The lowest BCUT2D eigenvalue weighted by atomic mass is 10.1. The highest BCUT2D eigenvalue weighted by molar-refractivity contribution is 5.78. The molecule has 0 saturated carbocycles. The third kappa shape index (κ3) is 5.31. The van der Waals surface area contributed by atoms with E-state index in [2.05, 4.69) is 15.1 Å². The van der Waals surface area contributed by atoms with Crippen LogP contribution in [0.3, 0.4) is 0 Å². The molecule has 0 N–H and O–H groups in total. The van der Waals surface area contributed by atoms with Crippen LogP contribution in [0.25, 0.3) is 11.3 Å². The standard InChI is InChI=1S/C25H28N4O5/c1-31-19-5-7-20(8-6-19)34-17-25(30)29-14-12-28(13-15-29)24-11-9-21(26-27-24)18-4-10-22(32-2)23(16-18)33-3/h4-11,16H,12-15,17H2,1-3H3. The Hall–Kier alpha value is -4.01. The average Bonchev–Trinajstić information content (AvgIpc) is 2.91. The number of benzene rings is 2. The molecule has 9 nitrogen and oxygen atoms in total. The van der Waals surface area contributed by atoms with Crippen molar-refractivity contribution in [3.8, 4) is 34.3 Å². The number of anilines is 1. The van der Waals surface area contributed by atoms with Crippen LogP contribution in [0.1, 0.15) is 0 Å². The molecule has 1 saturated heterocycles. The normalized spacial score (nSPS) is 13.4. The Balaban J connectivity index is 1.30. The van der Waals surface area contributed by atoms with Gasteiger partial charge in [-0.2, -0.15) is 0 Å². The molecular formula is C25H28N4O5. The second-order valence-corrected chi connectivity index (χ2v) is 7.68. The van der Waals surface area contributed by atoms with E-state index in [0.29, 0.717) is 43.4 Å². The maximum atomic E-state index is 12.5. The van der Waals surface area contributed by atoms with Crippen molar-refractivity contribution in [3.63, 3.8) is 0 Å². The third-order valence-electron chi connectivity index (χ3n) is 5.71. The average molecular weight is 465 g/mol. The Morgan fingerprint density at radius 2 is 1.50 bits per heavy atom. The number of nitrogens with zero attached hydrogens (tertiary/aromatic N) is 4. The molecule has 0 radical (unpaired) electrons. The summed E-state index contributed by atoms with van der Waals surface area (Å²) in [5.74, 6) is 3.43. The van der Waals surface area contributed by atoms with Crippen LogP contribution in [0.5, 0.6) is 23.0 Å². The summed E-state index contributed by atoms with van der Waals surface area (Å²) >= 11 is 0. The topological polar surface area (TPSA) is 86.3 Å². The van der Waals surface area contributed by atoms with Crippen LogP contribution in [0, 0.1) is 0 Å². The zero-order valence-electron chi connectivity index (χ0n) is 19.6. The van der Waals surface area contributed by atoms with Crippen LogP contribution in [0.4, 0.5) is 5.82 Å². The molecule has 0 atom stereocenters. The maximum absolute atomic E-state index is 12.5. The van der Waals surface area contributed by atoms with Crippen LogP contribution < -0.4 is 23.8 Å². The number of hydrogen-bond acceptors (Lipinski definition) is 8. The van der Waals surface area contributed by atoms with Crippen LogP contribution in [0.2, 0.25) is 0 Å². The van der Waals surface area contributed by atoms with Crippen molar-refractivity contribution in [1.82, 2.24) is 15.1 Å². The summed E-state index contributed by atoms with van der Waals surface area (Å²) in [4.78, 5) is 16.5. The smallest absolute Gasteiger partial charge is 0.260 e. The van der Waals surface area contributed by atoms with Gasteiger partial charge < -0.3 is 28.7 Å². The van der Waals surface area contributed by atoms with Crippen LogP contribution in [0.15, 0.2) is 54.6 Å². The number of piperazine rings is 1. The van der Waals surface area contributed by atoms with Gasteiger partial charge in [-0.25, -0.2) is 0 Å². The van der Waals surface area contributed by atoms with E-state index >= 15 is 0 Å². The summed E-state index contributed by atoms with van der Waals surface area (Å²) in [7, 11) is 4.82. The maximum Gasteiger partial charge on any atom is 0.260 e. The fourth-order valence-electron chi connectivity index (χ4n) is 3.74. The number of methoxy groups -OCH3 is 3. The molecule has 1 amide bonds. The first-order chi connectivity index (χ1) is 16.6. The van der Waals surface area contributed by atoms with Gasteiger partial charge in [-0.05, 0) is 54.6 Å². The molecule has 0 unspecified atom stereocenters. The van der Waals surface area contributed by atoms with E-state index in [4.69, 9.17) is 18.9 Å². The summed E-state index contributed by atoms with van der Waals surface area (Å²) in [5, 5.41) is 8.79. The van der Waals surface area contributed by atoms with Gasteiger partial charge in [-0.3, -0.25) is 4.79 Å². The quantitative estimate of drug-likeness (QED) is 0.503. The third-order valence-corrected chi connectivity index (χ3v) is 5.71. The highest BCUT2D eigenvalue weighted by Gasteiger charge is 2.22. The number of carbonyl (C=O) groups excluding carboxylic acids is 1. The molecule has 4 rings (SSSR count). The van der Waals surface area contributed by atoms with Crippen LogP contribution >= 0.6 is 0 Å². The van der Waals surface area contributed by atoms with Crippen molar-refractivity contribution in [2.75, 3.05) is 59.0 Å². The predicted molar refractivity (Wildman–Crippen MR) is 128 cm³/mol. The number of ether oxygens (including phenoxy) is 4. The predicted octanol–water partition coefficient (Wildman–Crippen LogP) is 2.90. The Kier molecular flexibility index (Phi) is 7.31. The zero-order valence-corrected chi connectivity index (χ0v) is 19.6. The van der Waals surface area contributed by atoms with E-state index in [9.17, 15) is 4.79 Å². The van der Waals surface area contributed by atoms with E-state index in [1.54, 1.807) is 45.6 Å². The van der Waals surface area contributed by atoms with Crippen molar-refractivity contribution >= 4 is 11.7 Å². The summed E-state index contributed by atoms with van der Waals surface area (Å²) in [6.45, 7) is 2.57. The molecule has 9 heteroatoms. The highest BCUT2D eigenvalue weighted by atomic mass is 16.5. The first-order valence-corrected chi connectivity index (χ1v) is 11.0. The summed E-state index contributed by atoms with van der Waals surface area (Å²) in [5.41, 5.74) is 1.64. The number of carbonyl (C=O) groups is 1. The van der Waals surface area contributed by atoms with Crippen molar-refractivity contribution in [2.45, 2.75) is 0 Å². The van der Waals surface area contributed by atoms with E-state index in [-0.39, 0.29) is 12.5 Å². The van der Waals surface area contributed by atoms with Gasteiger partial charge >= 0.3 is 0 Å². The van der Waals surface area contributed by atoms with Crippen molar-refractivity contribution in [3.05, 3.63) is 54.6 Å². The van der Waals surface area contributed by atoms with E-state index in [1.807, 2.05) is 35.2 Å². The Morgan fingerprint density at radius 1 is 0.794 bits per heavy atom. The van der Waals surface area contributed by atoms with Gasteiger partial charge in [0, 0.05) is 31.7 Å². The molecule has 2 aromatic carbocycles. The molecule has 178 valence electrons. The second-order valence-electron chi connectivity index (χ2n) is 7.68. The summed E-state index contributed by atoms with van der Waals surface area (Å²) < 4.78 is 21.4. The highest BCUT2D eigenvalue weighted by Crippen LogP contribution is 2.31. The number of amides is 1. The first kappa shape index (κ1) is 23.2. The summed E-state index contributed by atoms with van der Waals surface area (Å²) in [6, 6.07) is 16.7. The molecule has 2 heterocycles. The second kappa shape index (κ2) is 10.7. The molecular weight excluding hydrogens is 436 g/mol. The van der Waals surface area contributed by atoms with Crippen LogP contribution in [-0.4, -0.2) is 75.1 Å². The monoisotopic (exact) mass is 464 g/mol. The number of aromatic nitrogens is 2. The van der Waals surface area contributed by atoms with Gasteiger partial charge in [0.1, 0.15) is 11.5 Å². The van der Waals surface area contributed by atoms with Gasteiger partial charge in [0.05, 0.1) is 27.0 Å². The fourth-order valence-corrected chi connectivity index (χ4v) is 3.74. The zero-order chi connectivity index (χ0) is 23.9. The lowest BCUT2D eigenvalue weighted by Crippen LogP contribution is -2.50. The molecule has 1 fully saturated rings. The van der Waals surface area contributed by atoms with Crippen molar-refractivity contribution in [1.29, 1.82) is 0 Å². The molecule has 1 aliphatic rings. The minimum atomic E-state index is -0.0367. The van der Waals surface area contributed by atoms with E-state index < -0.39 is 0 Å². The molecule has 0 spiro atoms. The van der Waals surface area contributed by atoms with Crippen molar-refractivity contribution < 1.29 is 23.7 Å². The molecule has 1 aromatic heterocycles. The van der Waals surface area contributed by atoms with Gasteiger partial charge in [0.2, 0.25) is 0 Å². The lowest BCUT2D eigenvalue weighted by Gasteiger charge is -2.35. The first-order valence-electron chi connectivity index (χ1n) is 11.0. The Labute approximate surface area is 198 Å². The Bertz CT molecular complexity index is 1100. The number of hydrogen-bond donors (Lipinski definition) is 0. The fraction of sp³-hybridized carbons (Fsp3) is 0.320. The van der Waals surface area contributed by atoms with Gasteiger partial charge in [0.15, 0.2) is 23.9 Å². The van der Waals surface area contributed by atoms with Crippen molar-refractivity contribution in [2.24, 2.45) is 0 Å². The molecule has 34 heavy (non-hydrogen) atoms. The molecule has 0 aliphatic carbocycles. The SMILES string of the molecule is COc1ccc(OCC(=O)N2CCN(c3ccc(-c4ccc(OC)c(OC)c4)nn3)CC2)cc1. The van der Waals surface area contributed by atoms with Crippen LogP contribution in [-0.2, 0) is 4.79 Å².